The lowest BCUT2D eigenvalue weighted by Crippen LogP contribution is -2.05. The SMILES string of the molecule is OCCn1nnc(-c2ccc(F)c(F)c2)n1. The lowest BCUT2D eigenvalue weighted by Gasteiger charge is -1.96. The summed E-state index contributed by atoms with van der Waals surface area (Å²) in [6.45, 7) is 0.0876. The highest BCUT2D eigenvalue weighted by Gasteiger charge is 2.09. The maximum absolute atomic E-state index is 12.9. The first-order valence-corrected chi connectivity index (χ1v) is 4.55. The Hall–Kier alpha value is -1.89. The number of hydrogen-bond donors (Lipinski definition) is 1. The fourth-order valence-corrected chi connectivity index (χ4v) is 1.18. The third kappa shape index (κ3) is 2.03. The predicted octanol–water partition coefficient (Wildman–Crippen LogP) is 0.611. The van der Waals surface area contributed by atoms with Crippen LogP contribution in [0.15, 0.2) is 18.2 Å². The van der Waals surface area contributed by atoms with Gasteiger partial charge in [-0.1, -0.05) is 0 Å². The Kier molecular flexibility index (Phi) is 2.86. The van der Waals surface area contributed by atoms with Crippen LogP contribution < -0.4 is 0 Å². The second kappa shape index (κ2) is 4.31. The molecule has 0 aliphatic rings. The normalized spacial score (nSPS) is 10.7. The summed E-state index contributed by atoms with van der Waals surface area (Å²) in [5.41, 5.74) is 0.336. The number of aliphatic hydroxyl groups is 1. The van der Waals surface area contributed by atoms with Crippen LogP contribution in [0.3, 0.4) is 0 Å². The van der Waals surface area contributed by atoms with Crippen LogP contribution in [-0.2, 0) is 6.54 Å². The lowest BCUT2D eigenvalue weighted by molar-refractivity contribution is 0.259. The van der Waals surface area contributed by atoms with E-state index in [9.17, 15) is 8.78 Å². The summed E-state index contributed by atoms with van der Waals surface area (Å²) in [5, 5.41) is 19.8. The minimum atomic E-state index is -0.962. The van der Waals surface area contributed by atoms with Gasteiger partial charge in [0.15, 0.2) is 11.6 Å². The van der Waals surface area contributed by atoms with Gasteiger partial charge in [0.25, 0.3) is 0 Å². The zero-order chi connectivity index (χ0) is 11.5. The molecule has 0 atom stereocenters. The molecule has 0 aliphatic heterocycles. The van der Waals surface area contributed by atoms with Crippen LogP contribution in [0.1, 0.15) is 0 Å². The van der Waals surface area contributed by atoms with Gasteiger partial charge in [-0.15, -0.1) is 10.2 Å². The first-order chi connectivity index (χ1) is 7.70. The second-order valence-corrected chi connectivity index (χ2v) is 3.06. The fraction of sp³-hybridized carbons (Fsp3) is 0.222. The summed E-state index contributed by atoms with van der Waals surface area (Å²) in [5.74, 6) is -1.70. The van der Waals surface area contributed by atoms with Crippen molar-refractivity contribution in [1.29, 1.82) is 0 Å². The summed E-state index contributed by atoms with van der Waals surface area (Å²) in [7, 11) is 0. The molecule has 0 bridgehead atoms. The van der Waals surface area contributed by atoms with E-state index in [2.05, 4.69) is 15.4 Å². The Bertz CT molecular complexity index is 500. The van der Waals surface area contributed by atoms with Gasteiger partial charge >= 0.3 is 0 Å². The average molecular weight is 226 g/mol. The van der Waals surface area contributed by atoms with Crippen LogP contribution in [0.2, 0.25) is 0 Å². The zero-order valence-electron chi connectivity index (χ0n) is 8.14. The predicted molar refractivity (Wildman–Crippen MR) is 50.3 cm³/mol. The molecule has 16 heavy (non-hydrogen) atoms. The minimum absolute atomic E-state index is 0.117. The molecule has 1 aromatic heterocycles. The first-order valence-electron chi connectivity index (χ1n) is 4.55. The van der Waals surface area contributed by atoms with E-state index in [-0.39, 0.29) is 19.0 Å². The van der Waals surface area contributed by atoms with Crippen LogP contribution in [0.25, 0.3) is 11.4 Å². The number of aromatic nitrogens is 4. The summed E-state index contributed by atoms with van der Waals surface area (Å²) in [4.78, 5) is 1.18. The molecule has 0 saturated carbocycles. The number of aliphatic hydroxyl groups excluding tert-OH is 1. The molecule has 7 heteroatoms. The number of rotatable bonds is 3. The summed E-state index contributed by atoms with van der Waals surface area (Å²) >= 11 is 0. The minimum Gasteiger partial charge on any atom is -0.394 e. The van der Waals surface area contributed by atoms with Gasteiger partial charge in [0.2, 0.25) is 5.82 Å². The van der Waals surface area contributed by atoms with Crippen molar-refractivity contribution in [3.8, 4) is 11.4 Å². The molecule has 0 radical (unpaired) electrons. The van der Waals surface area contributed by atoms with Crippen molar-refractivity contribution >= 4 is 0 Å². The van der Waals surface area contributed by atoms with E-state index in [1.165, 1.54) is 10.9 Å². The fourth-order valence-electron chi connectivity index (χ4n) is 1.18. The van der Waals surface area contributed by atoms with Gasteiger partial charge in [0.05, 0.1) is 13.2 Å². The number of nitrogens with zero attached hydrogens (tertiary/aromatic N) is 4. The molecule has 0 unspecified atom stereocenters. The Labute approximate surface area is 89.3 Å². The average Bonchev–Trinajstić information content (AvgIpc) is 2.71. The van der Waals surface area contributed by atoms with Crippen molar-refractivity contribution in [3.05, 3.63) is 29.8 Å². The monoisotopic (exact) mass is 226 g/mol. The van der Waals surface area contributed by atoms with Crippen molar-refractivity contribution in [3.63, 3.8) is 0 Å². The van der Waals surface area contributed by atoms with Crippen molar-refractivity contribution in [2.45, 2.75) is 6.54 Å². The highest BCUT2D eigenvalue weighted by atomic mass is 19.2. The van der Waals surface area contributed by atoms with E-state index in [1.54, 1.807) is 0 Å². The number of tetrazole rings is 1. The van der Waals surface area contributed by atoms with E-state index in [0.29, 0.717) is 5.56 Å². The highest BCUT2D eigenvalue weighted by Crippen LogP contribution is 2.16. The van der Waals surface area contributed by atoms with Gasteiger partial charge in [-0.05, 0) is 23.4 Å². The molecule has 2 rings (SSSR count). The molecule has 0 aliphatic carbocycles. The maximum Gasteiger partial charge on any atom is 0.205 e. The molecule has 0 saturated heterocycles. The Morgan fingerprint density at radius 3 is 2.75 bits per heavy atom. The van der Waals surface area contributed by atoms with Crippen molar-refractivity contribution in [2.75, 3.05) is 6.61 Å². The molecule has 0 fully saturated rings. The highest BCUT2D eigenvalue weighted by molar-refractivity contribution is 5.53. The molecular formula is C9H8F2N4O. The molecular weight excluding hydrogens is 218 g/mol. The molecule has 5 nitrogen and oxygen atoms in total. The topological polar surface area (TPSA) is 63.8 Å². The van der Waals surface area contributed by atoms with Gasteiger partial charge in [-0.3, -0.25) is 0 Å². The van der Waals surface area contributed by atoms with Crippen molar-refractivity contribution in [2.24, 2.45) is 0 Å². The van der Waals surface area contributed by atoms with Crippen molar-refractivity contribution in [1.82, 2.24) is 20.2 Å². The summed E-state index contributed by atoms with van der Waals surface area (Å²) in [6.07, 6.45) is 0. The molecule has 2 aromatic rings. The van der Waals surface area contributed by atoms with E-state index in [1.807, 2.05) is 0 Å². The Balaban J connectivity index is 2.31. The van der Waals surface area contributed by atoms with Crippen LogP contribution in [-0.4, -0.2) is 31.9 Å². The quantitative estimate of drug-likeness (QED) is 0.832. The van der Waals surface area contributed by atoms with Crippen LogP contribution in [0.5, 0.6) is 0 Å². The molecule has 0 spiro atoms. The summed E-state index contributed by atoms with van der Waals surface area (Å²) in [6, 6.07) is 3.35. The number of hydrogen-bond acceptors (Lipinski definition) is 4. The van der Waals surface area contributed by atoms with Crippen LogP contribution in [0, 0.1) is 11.6 Å². The number of benzene rings is 1. The van der Waals surface area contributed by atoms with Crippen LogP contribution >= 0.6 is 0 Å². The smallest absolute Gasteiger partial charge is 0.205 e. The van der Waals surface area contributed by atoms with E-state index >= 15 is 0 Å². The van der Waals surface area contributed by atoms with Gasteiger partial charge in [-0.25, -0.2) is 8.78 Å². The molecule has 1 aromatic carbocycles. The first kappa shape index (κ1) is 10.6. The molecule has 84 valence electrons. The van der Waals surface area contributed by atoms with Gasteiger partial charge in [0.1, 0.15) is 0 Å². The van der Waals surface area contributed by atoms with E-state index in [4.69, 9.17) is 5.11 Å². The molecule has 1 N–H and O–H groups in total. The summed E-state index contributed by atoms with van der Waals surface area (Å²) < 4.78 is 25.6. The number of halogens is 2. The van der Waals surface area contributed by atoms with Gasteiger partial charge < -0.3 is 5.11 Å². The zero-order valence-corrected chi connectivity index (χ0v) is 8.14. The van der Waals surface area contributed by atoms with Gasteiger partial charge in [0, 0.05) is 5.56 Å². The third-order valence-electron chi connectivity index (χ3n) is 1.93. The molecule has 1 heterocycles. The van der Waals surface area contributed by atoms with Gasteiger partial charge in [-0.2, -0.15) is 4.80 Å². The molecule has 0 amide bonds. The van der Waals surface area contributed by atoms with E-state index in [0.717, 1.165) is 12.1 Å². The van der Waals surface area contributed by atoms with Crippen LogP contribution in [0.4, 0.5) is 8.78 Å². The Morgan fingerprint density at radius 2 is 2.06 bits per heavy atom. The Morgan fingerprint density at radius 1 is 1.25 bits per heavy atom. The largest absolute Gasteiger partial charge is 0.394 e. The standard InChI is InChI=1S/C9H8F2N4O/c10-7-2-1-6(5-8(7)11)9-12-14-15(13-9)3-4-16/h1-2,5,16H,3-4H2. The second-order valence-electron chi connectivity index (χ2n) is 3.06. The maximum atomic E-state index is 12.9. The third-order valence-corrected chi connectivity index (χ3v) is 1.93. The van der Waals surface area contributed by atoms with E-state index < -0.39 is 11.6 Å². The van der Waals surface area contributed by atoms with Crippen molar-refractivity contribution < 1.29 is 13.9 Å². The lowest BCUT2D eigenvalue weighted by atomic mass is 10.2.